The summed E-state index contributed by atoms with van der Waals surface area (Å²) in [6.45, 7) is 2.65. The Bertz CT molecular complexity index is 560. The number of halogens is 1. The Kier molecular flexibility index (Phi) is 5.13. The van der Waals surface area contributed by atoms with Gasteiger partial charge in [-0.05, 0) is 31.2 Å². The SMILES string of the molecule is COc1ccccc1NCC(C)Oc1ccccc1Cl. The van der Waals surface area contributed by atoms with Crippen LogP contribution in [-0.4, -0.2) is 19.8 Å². The highest BCUT2D eigenvalue weighted by Gasteiger charge is 2.08. The molecule has 106 valence electrons. The van der Waals surface area contributed by atoms with Gasteiger partial charge in [-0.1, -0.05) is 35.9 Å². The first-order valence-corrected chi connectivity index (χ1v) is 6.86. The Morgan fingerprint density at radius 3 is 2.40 bits per heavy atom. The second-order valence-corrected chi connectivity index (χ2v) is 4.85. The molecule has 0 amide bonds. The lowest BCUT2D eigenvalue weighted by atomic mass is 10.2. The predicted octanol–water partition coefficient (Wildman–Crippen LogP) is 4.23. The molecule has 0 saturated heterocycles. The van der Waals surface area contributed by atoms with E-state index in [2.05, 4.69) is 5.32 Å². The molecule has 0 aliphatic rings. The van der Waals surface area contributed by atoms with Gasteiger partial charge in [0.1, 0.15) is 17.6 Å². The summed E-state index contributed by atoms with van der Waals surface area (Å²) in [4.78, 5) is 0. The molecule has 2 aromatic carbocycles. The van der Waals surface area contributed by atoms with Gasteiger partial charge < -0.3 is 14.8 Å². The van der Waals surface area contributed by atoms with E-state index in [0.717, 1.165) is 11.4 Å². The van der Waals surface area contributed by atoms with Crippen LogP contribution in [0.3, 0.4) is 0 Å². The van der Waals surface area contributed by atoms with Gasteiger partial charge in [0.25, 0.3) is 0 Å². The molecule has 0 saturated carbocycles. The van der Waals surface area contributed by atoms with Crippen LogP contribution in [0, 0.1) is 0 Å². The zero-order chi connectivity index (χ0) is 14.4. The smallest absolute Gasteiger partial charge is 0.141 e. The molecule has 0 bridgehead atoms. The van der Waals surface area contributed by atoms with Gasteiger partial charge in [-0.3, -0.25) is 0 Å². The summed E-state index contributed by atoms with van der Waals surface area (Å²) in [5.74, 6) is 1.51. The number of para-hydroxylation sites is 3. The molecule has 0 aliphatic carbocycles. The summed E-state index contributed by atoms with van der Waals surface area (Å²) in [7, 11) is 1.66. The van der Waals surface area contributed by atoms with Gasteiger partial charge >= 0.3 is 0 Å². The number of hydrogen-bond donors (Lipinski definition) is 1. The maximum Gasteiger partial charge on any atom is 0.141 e. The first-order valence-electron chi connectivity index (χ1n) is 6.49. The highest BCUT2D eigenvalue weighted by Crippen LogP contribution is 2.25. The average Bonchev–Trinajstić information content (AvgIpc) is 2.48. The third kappa shape index (κ3) is 3.81. The second kappa shape index (κ2) is 7.06. The van der Waals surface area contributed by atoms with Crippen molar-refractivity contribution in [2.75, 3.05) is 19.0 Å². The minimum absolute atomic E-state index is 0.0141. The highest BCUT2D eigenvalue weighted by molar-refractivity contribution is 6.32. The summed E-state index contributed by atoms with van der Waals surface area (Å²) >= 11 is 6.07. The van der Waals surface area contributed by atoms with Gasteiger partial charge in [-0.2, -0.15) is 0 Å². The minimum Gasteiger partial charge on any atom is -0.495 e. The fourth-order valence-corrected chi connectivity index (χ4v) is 2.02. The maximum absolute atomic E-state index is 6.07. The first-order chi connectivity index (χ1) is 9.70. The number of ether oxygens (including phenoxy) is 2. The van der Waals surface area contributed by atoms with Crippen LogP contribution in [0.5, 0.6) is 11.5 Å². The lowest BCUT2D eigenvalue weighted by Gasteiger charge is -2.18. The third-order valence-electron chi connectivity index (χ3n) is 2.85. The molecule has 0 aromatic heterocycles. The Labute approximate surface area is 124 Å². The molecule has 0 aliphatic heterocycles. The summed E-state index contributed by atoms with van der Waals surface area (Å²) in [6, 6.07) is 15.3. The Hall–Kier alpha value is -1.87. The van der Waals surface area contributed by atoms with E-state index in [1.165, 1.54) is 0 Å². The van der Waals surface area contributed by atoms with Gasteiger partial charge in [0, 0.05) is 0 Å². The second-order valence-electron chi connectivity index (χ2n) is 4.44. The van der Waals surface area contributed by atoms with Crippen LogP contribution in [0.1, 0.15) is 6.92 Å². The topological polar surface area (TPSA) is 30.5 Å². The number of anilines is 1. The number of nitrogens with one attached hydrogen (secondary N) is 1. The molecule has 0 spiro atoms. The summed E-state index contributed by atoms with van der Waals surface area (Å²) in [6.07, 6.45) is -0.0141. The Morgan fingerprint density at radius 1 is 1.05 bits per heavy atom. The van der Waals surface area contributed by atoms with E-state index in [1.54, 1.807) is 7.11 Å². The fraction of sp³-hybridized carbons (Fsp3) is 0.250. The molecule has 0 radical (unpaired) electrons. The number of rotatable bonds is 6. The van der Waals surface area contributed by atoms with Gasteiger partial charge in [-0.15, -0.1) is 0 Å². The lowest BCUT2D eigenvalue weighted by molar-refractivity contribution is 0.235. The van der Waals surface area contributed by atoms with Crippen molar-refractivity contribution in [2.45, 2.75) is 13.0 Å². The molecule has 2 aromatic rings. The molecule has 3 nitrogen and oxygen atoms in total. The van der Waals surface area contributed by atoms with Crippen molar-refractivity contribution < 1.29 is 9.47 Å². The van der Waals surface area contributed by atoms with Crippen molar-refractivity contribution in [3.63, 3.8) is 0 Å². The van der Waals surface area contributed by atoms with Crippen LogP contribution in [-0.2, 0) is 0 Å². The summed E-state index contributed by atoms with van der Waals surface area (Å²) in [5.41, 5.74) is 0.949. The number of methoxy groups -OCH3 is 1. The first kappa shape index (κ1) is 14.5. The van der Waals surface area contributed by atoms with Crippen molar-refractivity contribution in [3.8, 4) is 11.5 Å². The van der Waals surface area contributed by atoms with E-state index in [1.807, 2.05) is 55.5 Å². The van der Waals surface area contributed by atoms with Crippen molar-refractivity contribution in [2.24, 2.45) is 0 Å². The van der Waals surface area contributed by atoms with Crippen molar-refractivity contribution in [1.29, 1.82) is 0 Å². The monoisotopic (exact) mass is 291 g/mol. The van der Waals surface area contributed by atoms with Crippen LogP contribution in [0.25, 0.3) is 0 Å². The molecule has 1 N–H and O–H groups in total. The van der Waals surface area contributed by atoms with Gasteiger partial charge in [-0.25, -0.2) is 0 Å². The van der Waals surface area contributed by atoms with Crippen molar-refractivity contribution in [3.05, 3.63) is 53.6 Å². The van der Waals surface area contributed by atoms with Crippen LogP contribution < -0.4 is 14.8 Å². The molecular weight excluding hydrogens is 274 g/mol. The number of benzene rings is 2. The average molecular weight is 292 g/mol. The minimum atomic E-state index is -0.0141. The third-order valence-corrected chi connectivity index (χ3v) is 3.16. The van der Waals surface area contributed by atoms with Gasteiger partial charge in [0.15, 0.2) is 0 Å². The summed E-state index contributed by atoms with van der Waals surface area (Å²) < 4.78 is 11.1. The van der Waals surface area contributed by atoms with Crippen LogP contribution in [0.4, 0.5) is 5.69 Å². The van der Waals surface area contributed by atoms with Crippen LogP contribution in [0.15, 0.2) is 48.5 Å². The van der Waals surface area contributed by atoms with Crippen LogP contribution in [0.2, 0.25) is 5.02 Å². The zero-order valence-electron chi connectivity index (χ0n) is 11.6. The lowest BCUT2D eigenvalue weighted by Crippen LogP contribution is -2.23. The molecule has 20 heavy (non-hydrogen) atoms. The summed E-state index contributed by atoms with van der Waals surface area (Å²) in [5, 5.41) is 3.93. The molecule has 0 heterocycles. The van der Waals surface area contributed by atoms with E-state index in [4.69, 9.17) is 21.1 Å². The number of hydrogen-bond acceptors (Lipinski definition) is 3. The maximum atomic E-state index is 6.07. The molecule has 1 atom stereocenters. The van der Waals surface area contributed by atoms with E-state index in [0.29, 0.717) is 17.3 Å². The van der Waals surface area contributed by atoms with Gasteiger partial charge in [0.2, 0.25) is 0 Å². The quantitative estimate of drug-likeness (QED) is 0.864. The largest absolute Gasteiger partial charge is 0.495 e. The van der Waals surface area contributed by atoms with Crippen molar-refractivity contribution in [1.82, 2.24) is 0 Å². The molecule has 2 rings (SSSR count). The van der Waals surface area contributed by atoms with Gasteiger partial charge in [0.05, 0.1) is 24.4 Å². The van der Waals surface area contributed by atoms with E-state index in [-0.39, 0.29) is 6.10 Å². The molecule has 0 fully saturated rings. The Morgan fingerprint density at radius 2 is 1.70 bits per heavy atom. The normalized spacial score (nSPS) is 11.8. The fourth-order valence-electron chi connectivity index (χ4n) is 1.84. The Balaban J connectivity index is 1.92. The molecule has 1 unspecified atom stereocenters. The van der Waals surface area contributed by atoms with E-state index < -0.39 is 0 Å². The standard InChI is InChI=1S/C16H18ClNO2/c1-12(20-15-9-5-3-7-13(15)17)11-18-14-8-4-6-10-16(14)19-2/h3-10,12,18H,11H2,1-2H3. The molecular formula is C16H18ClNO2. The highest BCUT2D eigenvalue weighted by atomic mass is 35.5. The zero-order valence-corrected chi connectivity index (χ0v) is 12.4. The van der Waals surface area contributed by atoms with Crippen LogP contribution >= 0.6 is 11.6 Å². The predicted molar refractivity (Wildman–Crippen MR) is 83.0 cm³/mol. The van der Waals surface area contributed by atoms with E-state index >= 15 is 0 Å². The molecule has 4 heteroatoms. The van der Waals surface area contributed by atoms with E-state index in [9.17, 15) is 0 Å². The van der Waals surface area contributed by atoms with Crippen molar-refractivity contribution >= 4 is 17.3 Å².